The molecule has 1 aliphatic heterocycles. The van der Waals surface area contributed by atoms with Gasteiger partial charge < -0.3 is 4.90 Å². The lowest BCUT2D eigenvalue weighted by Crippen LogP contribution is -2.44. The number of carbonyl (C=O) groups is 1. The molecular formula is C19H26N4O. The van der Waals surface area contributed by atoms with Crippen LogP contribution < -0.4 is 0 Å². The van der Waals surface area contributed by atoms with Gasteiger partial charge in [-0.1, -0.05) is 19.4 Å². The second kappa shape index (κ2) is 8.08. The third-order valence-electron chi connectivity index (χ3n) is 4.72. The normalized spacial score (nSPS) is 17.9. The maximum absolute atomic E-state index is 12.9. The lowest BCUT2D eigenvalue weighted by atomic mass is 9.96. The molecular weight excluding hydrogens is 300 g/mol. The minimum atomic E-state index is 0.0688. The number of aromatic amines is 1. The van der Waals surface area contributed by atoms with E-state index in [1.807, 2.05) is 29.3 Å². The molecule has 0 unspecified atom stereocenters. The first-order valence-electron chi connectivity index (χ1n) is 9.03. The third-order valence-corrected chi connectivity index (χ3v) is 4.72. The van der Waals surface area contributed by atoms with E-state index in [-0.39, 0.29) is 5.91 Å². The van der Waals surface area contributed by atoms with Crippen LogP contribution in [0.1, 0.15) is 60.9 Å². The molecule has 3 heterocycles. The van der Waals surface area contributed by atoms with Gasteiger partial charge in [-0.25, -0.2) is 0 Å². The Hall–Kier alpha value is -2.17. The maximum Gasteiger partial charge on any atom is 0.274 e. The Kier molecular flexibility index (Phi) is 5.62. The van der Waals surface area contributed by atoms with Gasteiger partial charge in [-0.2, -0.15) is 5.10 Å². The van der Waals surface area contributed by atoms with Crippen molar-refractivity contribution >= 4 is 5.91 Å². The van der Waals surface area contributed by atoms with Crippen molar-refractivity contribution in [2.24, 2.45) is 0 Å². The Morgan fingerprint density at radius 1 is 1.33 bits per heavy atom. The molecule has 0 aliphatic carbocycles. The number of nitrogens with zero attached hydrogens (tertiary/aromatic N) is 3. The zero-order valence-corrected chi connectivity index (χ0v) is 14.4. The number of rotatable bonds is 6. The molecule has 0 radical (unpaired) electrons. The van der Waals surface area contributed by atoms with Crippen molar-refractivity contribution in [2.45, 2.75) is 57.9 Å². The van der Waals surface area contributed by atoms with Crippen molar-refractivity contribution in [1.29, 1.82) is 0 Å². The van der Waals surface area contributed by atoms with Crippen LogP contribution in [0.3, 0.4) is 0 Å². The number of likely N-dealkylation sites (tertiary alicyclic amines) is 1. The second-order valence-corrected chi connectivity index (χ2v) is 6.54. The topological polar surface area (TPSA) is 61.9 Å². The van der Waals surface area contributed by atoms with E-state index in [9.17, 15) is 4.79 Å². The summed E-state index contributed by atoms with van der Waals surface area (Å²) in [5.74, 6) is 0.0688. The van der Waals surface area contributed by atoms with Crippen molar-refractivity contribution in [3.63, 3.8) is 0 Å². The fourth-order valence-electron chi connectivity index (χ4n) is 3.44. The van der Waals surface area contributed by atoms with E-state index in [4.69, 9.17) is 0 Å². The summed E-state index contributed by atoms with van der Waals surface area (Å²) in [5.41, 5.74) is 2.70. The molecule has 0 bridgehead atoms. The number of pyridine rings is 1. The highest BCUT2D eigenvalue weighted by molar-refractivity contribution is 5.92. The van der Waals surface area contributed by atoms with Gasteiger partial charge in [0.15, 0.2) is 0 Å². The summed E-state index contributed by atoms with van der Waals surface area (Å²) >= 11 is 0. The van der Waals surface area contributed by atoms with E-state index in [2.05, 4.69) is 28.2 Å². The molecule has 5 nitrogen and oxygen atoms in total. The van der Waals surface area contributed by atoms with Gasteiger partial charge >= 0.3 is 0 Å². The average Bonchev–Trinajstić information content (AvgIpc) is 3.09. The van der Waals surface area contributed by atoms with Gasteiger partial charge in [0.2, 0.25) is 0 Å². The van der Waals surface area contributed by atoms with Crippen LogP contribution in [0, 0.1) is 0 Å². The number of aryl methyl sites for hydroxylation is 2. The highest BCUT2D eigenvalue weighted by atomic mass is 16.2. The van der Waals surface area contributed by atoms with Crippen molar-refractivity contribution in [3.8, 4) is 0 Å². The van der Waals surface area contributed by atoms with Crippen molar-refractivity contribution < 1.29 is 4.79 Å². The van der Waals surface area contributed by atoms with Crippen LogP contribution in [0.2, 0.25) is 0 Å². The molecule has 1 saturated heterocycles. The molecule has 2 aromatic rings. The molecule has 1 aliphatic rings. The monoisotopic (exact) mass is 326 g/mol. The smallest absolute Gasteiger partial charge is 0.274 e. The number of aromatic nitrogens is 3. The lowest BCUT2D eigenvalue weighted by Gasteiger charge is -2.35. The van der Waals surface area contributed by atoms with Crippen molar-refractivity contribution in [1.82, 2.24) is 20.1 Å². The zero-order chi connectivity index (χ0) is 16.8. The van der Waals surface area contributed by atoms with Gasteiger partial charge in [0.25, 0.3) is 5.91 Å². The Morgan fingerprint density at radius 3 is 3.04 bits per heavy atom. The van der Waals surface area contributed by atoms with Gasteiger partial charge in [0.1, 0.15) is 5.69 Å². The number of hydrogen-bond acceptors (Lipinski definition) is 3. The molecule has 24 heavy (non-hydrogen) atoms. The molecule has 0 aromatic carbocycles. The molecule has 1 N–H and O–H groups in total. The van der Waals surface area contributed by atoms with Crippen LogP contribution in [0.4, 0.5) is 0 Å². The first kappa shape index (κ1) is 16.7. The molecule has 5 heteroatoms. The summed E-state index contributed by atoms with van der Waals surface area (Å²) in [6.07, 6.45) is 9.04. The number of carbonyl (C=O) groups excluding carboxylic acids is 1. The summed E-state index contributed by atoms with van der Waals surface area (Å²) in [6.45, 7) is 2.96. The van der Waals surface area contributed by atoms with Crippen molar-refractivity contribution in [2.75, 3.05) is 6.54 Å². The second-order valence-electron chi connectivity index (χ2n) is 6.54. The van der Waals surface area contributed by atoms with Crippen LogP contribution in [-0.2, 0) is 12.8 Å². The quantitative estimate of drug-likeness (QED) is 0.885. The van der Waals surface area contributed by atoms with E-state index >= 15 is 0 Å². The van der Waals surface area contributed by atoms with Gasteiger partial charge in [0.05, 0.1) is 0 Å². The Balaban J connectivity index is 1.65. The van der Waals surface area contributed by atoms with E-state index in [0.29, 0.717) is 11.7 Å². The van der Waals surface area contributed by atoms with E-state index in [1.54, 1.807) is 0 Å². The molecule has 0 saturated carbocycles. The first-order chi connectivity index (χ1) is 11.8. The molecule has 1 amide bonds. The first-order valence-corrected chi connectivity index (χ1v) is 9.03. The summed E-state index contributed by atoms with van der Waals surface area (Å²) in [5, 5.41) is 7.23. The number of H-pyrrole nitrogens is 1. The molecule has 1 atom stereocenters. The molecule has 2 aromatic heterocycles. The molecule has 1 fully saturated rings. The van der Waals surface area contributed by atoms with Crippen molar-refractivity contribution in [3.05, 3.63) is 47.5 Å². The maximum atomic E-state index is 12.9. The van der Waals surface area contributed by atoms with Crippen LogP contribution in [0.15, 0.2) is 30.5 Å². The average molecular weight is 326 g/mol. The predicted molar refractivity (Wildman–Crippen MR) is 93.8 cm³/mol. The third kappa shape index (κ3) is 4.02. The SMILES string of the molecule is CCCc1cc(C(=O)N2CCCC[C@H]2CCc2ccccn2)n[nH]1. The van der Waals surface area contributed by atoms with Crippen LogP contribution >= 0.6 is 0 Å². The predicted octanol–water partition coefficient (Wildman–Crippen LogP) is 3.38. The number of piperidine rings is 1. The van der Waals surface area contributed by atoms with Gasteiger partial charge in [-0.3, -0.25) is 14.9 Å². The summed E-state index contributed by atoms with van der Waals surface area (Å²) in [7, 11) is 0. The van der Waals surface area contributed by atoms with E-state index < -0.39 is 0 Å². The minimum absolute atomic E-state index is 0.0688. The largest absolute Gasteiger partial charge is 0.334 e. The summed E-state index contributed by atoms with van der Waals surface area (Å²) in [6, 6.07) is 8.21. The highest BCUT2D eigenvalue weighted by Crippen LogP contribution is 2.23. The standard InChI is InChI=1S/C19H26N4O/c1-2-7-16-14-18(22-21-16)19(24)23-13-6-4-9-17(23)11-10-15-8-3-5-12-20-15/h3,5,8,12,14,17H,2,4,6-7,9-11,13H2,1H3,(H,21,22)/t17-/m0/s1. The fraction of sp³-hybridized carbons (Fsp3) is 0.526. The van der Waals surface area contributed by atoms with E-state index in [1.165, 1.54) is 6.42 Å². The van der Waals surface area contributed by atoms with Crippen LogP contribution in [-0.4, -0.2) is 38.6 Å². The lowest BCUT2D eigenvalue weighted by molar-refractivity contribution is 0.0595. The Labute approximate surface area is 143 Å². The summed E-state index contributed by atoms with van der Waals surface area (Å²) in [4.78, 5) is 19.3. The number of amides is 1. The molecule has 3 rings (SSSR count). The van der Waals surface area contributed by atoms with Crippen LogP contribution in [0.5, 0.6) is 0 Å². The Morgan fingerprint density at radius 2 is 2.25 bits per heavy atom. The summed E-state index contributed by atoms with van der Waals surface area (Å²) < 4.78 is 0. The van der Waals surface area contributed by atoms with E-state index in [0.717, 1.165) is 56.5 Å². The fourth-order valence-corrected chi connectivity index (χ4v) is 3.44. The minimum Gasteiger partial charge on any atom is -0.334 e. The Bertz CT molecular complexity index is 652. The van der Waals surface area contributed by atoms with Gasteiger partial charge in [0, 0.05) is 30.2 Å². The number of nitrogens with one attached hydrogen (secondary N) is 1. The van der Waals surface area contributed by atoms with Crippen LogP contribution in [0.25, 0.3) is 0 Å². The molecule has 128 valence electrons. The number of hydrogen-bond donors (Lipinski definition) is 1. The molecule has 0 spiro atoms. The van der Waals surface area contributed by atoms with Gasteiger partial charge in [-0.15, -0.1) is 0 Å². The zero-order valence-electron chi connectivity index (χ0n) is 14.4. The van der Waals surface area contributed by atoms with Gasteiger partial charge in [-0.05, 0) is 56.7 Å². The highest BCUT2D eigenvalue weighted by Gasteiger charge is 2.28.